The molecule has 3 fully saturated rings. The largest absolute Gasteiger partial charge is 0.481 e. The number of Topliss-reactive ketones (excluding diaryl/α,β-unsaturated/α-hetero) is 1. The lowest BCUT2D eigenvalue weighted by molar-refractivity contribution is -0.254. The minimum atomic E-state index is -1.38. The molecule has 3 aliphatic rings. The monoisotopic (exact) mass is 670 g/mol. The number of aliphatic carboxylic acids is 1. The van der Waals surface area contributed by atoms with Crippen molar-refractivity contribution < 1.29 is 28.6 Å². The van der Waals surface area contributed by atoms with Gasteiger partial charge in [0.05, 0.1) is 28.3 Å². The second kappa shape index (κ2) is 14.0. The summed E-state index contributed by atoms with van der Waals surface area (Å²) in [7, 11) is 1.85. The van der Waals surface area contributed by atoms with E-state index in [0.29, 0.717) is 57.4 Å². The fourth-order valence-electron chi connectivity index (χ4n) is 7.13. The number of rotatable bonds is 10. The van der Waals surface area contributed by atoms with Crippen LogP contribution in [0.25, 0.3) is 10.9 Å². The normalized spacial score (nSPS) is 22.5. The molecule has 1 atom stereocenters. The molecule has 0 spiro atoms. The molecule has 2 aromatic carbocycles. The highest BCUT2D eigenvalue weighted by atomic mass is 35.5. The number of nitrogens with one attached hydrogen (secondary N) is 1. The fourth-order valence-corrected chi connectivity index (χ4v) is 8.27. The van der Waals surface area contributed by atoms with Crippen molar-refractivity contribution >= 4 is 57.6 Å². The predicted molar refractivity (Wildman–Crippen MR) is 178 cm³/mol. The van der Waals surface area contributed by atoms with Gasteiger partial charge in [0.1, 0.15) is 5.82 Å². The van der Waals surface area contributed by atoms with Crippen molar-refractivity contribution in [1.29, 1.82) is 0 Å². The van der Waals surface area contributed by atoms with Crippen LogP contribution in [0, 0.1) is 11.7 Å². The summed E-state index contributed by atoms with van der Waals surface area (Å²) in [6, 6.07) is 10.1. The summed E-state index contributed by atoms with van der Waals surface area (Å²) in [4.78, 5) is 43.7. The smallest absolute Gasteiger partial charge is 0.306 e. The Morgan fingerprint density at radius 2 is 1.72 bits per heavy atom. The van der Waals surface area contributed by atoms with Gasteiger partial charge in [-0.1, -0.05) is 29.8 Å². The molecule has 1 aliphatic carbocycles. The van der Waals surface area contributed by atoms with Gasteiger partial charge >= 0.3 is 5.97 Å². The zero-order valence-corrected chi connectivity index (χ0v) is 27.5. The molecule has 1 unspecified atom stereocenters. The number of carboxylic acids is 1. The van der Waals surface area contributed by atoms with Crippen LogP contribution in [0.15, 0.2) is 42.6 Å². The number of nitrogens with zero attached hydrogens (tertiary/aromatic N) is 3. The van der Waals surface area contributed by atoms with E-state index in [4.69, 9.17) is 16.3 Å². The van der Waals surface area contributed by atoms with Crippen LogP contribution in [0.4, 0.5) is 10.1 Å². The Labute approximate surface area is 277 Å². The Morgan fingerprint density at radius 1 is 1.04 bits per heavy atom. The van der Waals surface area contributed by atoms with Gasteiger partial charge in [-0.3, -0.25) is 24.2 Å². The summed E-state index contributed by atoms with van der Waals surface area (Å²) < 4.78 is 24.5. The SMILES string of the molecule is Cn1cc(C(=O)Nc2cc(F)c(CC(=O)C(O[C@H]3CC[C@H](C(=O)O)CC3)(N3CCCC3)N3CCSCC3)cc2Cl)c2ccccc21. The Balaban J connectivity index is 1.26. The lowest BCUT2D eigenvalue weighted by Crippen LogP contribution is -2.69. The van der Waals surface area contributed by atoms with Crippen LogP contribution in [-0.4, -0.2) is 86.8 Å². The third-order valence-corrected chi connectivity index (χ3v) is 10.8. The number of ketones is 1. The van der Waals surface area contributed by atoms with Crippen LogP contribution in [0.2, 0.25) is 5.02 Å². The van der Waals surface area contributed by atoms with Gasteiger partial charge in [-0.15, -0.1) is 0 Å². The number of thioether (sulfide) groups is 1. The van der Waals surface area contributed by atoms with Crippen LogP contribution >= 0.6 is 23.4 Å². The zero-order valence-electron chi connectivity index (χ0n) is 26.0. The standard InChI is InChI=1S/C34H40ClFN4O5S/c1-38-21-26(25-6-2-3-7-30(25)38)32(42)37-29-20-28(36)23(18-27(29)35)19-31(41)34(39-12-4-5-13-39,40-14-16-46-17-15-40)45-24-10-8-22(9-11-24)33(43)44/h2-3,6-7,18,20-22,24H,4-5,8-17,19H2,1H3,(H,37,42)(H,43,44)/t22-,24-,34?. The van der Waals surface area contributed by atoms with Crippen LogP contribution in [0.5, 0.6) is 0 Å². The Morgan fingerprint density at radius 3 is 2.41 bits per heavy atom. The molecular weight excluding hydrogens is 631 g/mol. The maximum Gasteiger partial charge on any atom is 0.306 e. The number of likely N-dealkylation sites (tertiary alicyclic amines) is 1. The van der Waals surface area contributed by atoms with Crippen molar-refractivity contribution in [1.82, 2.24) is 14.4 Å². The van der Waals surface area contributed by atoms with Gasteiger partial charge in [0.15, 0.2) is 5.78 Å². The Hall–Kier alpha value is -2.96. The first kappa shape index (κ1) is 33.0. The van der Waals surface area contributed by atoms with Crippen LogP contribution in [0.3, 0.4) is 0 Å². The number of para-hydroxylation sites is 1. The molecule has 6 rings (SSSR count). The third kappa shape index (κ3) is 6.57. The van der Waals surface area contributed by atoms with Gasteiger partial charge in [-0.25, -0.2) is 4.39 Å². The highest BCUT2D eigenvalue weighted by molar-refractivity contribution is 7.99. The number of ether oxygens (including phenoxy) is 1. The van der Waals surface area contributed by atoms with Crippen molar-refractivity contribution in [2.75, 3.05) is 43.0 Å². The molecule has 3 heterocycles. The van der Waals surface area contributed by atoms with Crippen molar-refractivity contribution in [3.05, 3.63) is 64.6 Å². The number of fused-ring (bicyclic) bond motifs is 1. The van der Waals surface area contributed by atoms with Gasteiger partial charge in [0.2, 0.25) is 5.85 Å². The number of aryl methyl sites for hydroxylation is 1. The minimum absolute atomic E-state index is 0.124. The number of carbonyl (C=O) groups is 3. The predicted octanol–water partition coefficient (Wildman–Crippen LogP) is 5.79. The highest BCUT2D eigenvalue weighted by Crippen LogP contribution is 2.38. The summed E-state index contributed by atoms with van der Waals surface area (Å²) in [5, 5.41) is 13.2. The molecule has 1 saturated carbocycles. The molecule has 246 valence electrons. The average Bonchev–Trinajstić information content (AvgIpc) is 3.72. The number of benzene rings is 2. The molecule has 1 aromatic heterocycles. The Kier molecular flexibility index (Phi) is 10.1. The molecule has 2 aliphatic heterocycles. The zero-order chi connectivity index (χ0) is 32.4. The number of hydrogen-bond donors (Lipinski definition) is 2. The first-order valence-electron chi connectivity index (χ1n) is 16.0. The number of hydrogen-bond acceptors (Lipinski definition) is 7. The topological polar surface area (TPSA) is 104 Å². The number of amides is 1. The Bertz CT molecular complexity index is 1610. The summed E-state index contributed by atoms with van der Waals surface area (Å²) >= 11 is 8.45. The van der Waals surface area contributed by atoms with Gasteiger partial charge in [0.25, 0.3) is 5.91 Å². The highest BCUT2D eigenvalue weighted by Gasteiger charge is 2.52. The van der Waals surface area contributed by atoms with E-state index < -0.39 is 29.5 Å². The van der Waals surface area contributed by atoms with Crippen molar-refractivity contribution in [3.63, 3.8) is 0 Å². The van der Waals surface area contributed by atoms with Crippen molar-refractivity contribution in [2.24, 2.45) is 13.0 Å². The molecule has 2 N–H and O–H groups in total. The van der Waals surface area contributed by atoms with Crippen LogP contribution < -0.4 is 5.32 Å². The van der Waals surface area contributed by atoms with Gasteiger partial charge in [-0.05, 0) is 62.3 Å². The van der Waals surface area contributed by atoms with E-state index >= 15 is 4.39 Å². The van der Waals surface area contributed by atoms with Gasteiger partial charge < -0.3 is 19.7 Å². The van der Waals surface area contributed by atoms with E-state index in [-0.39, 0.29) is 34.6 Å². The molecule has 2 saturated heterocycles. The fraction of sp³-hybridized carbons (Fsp3) is 0.500. The first-order valence-corrected chi connectivity index (χ1v) is 17.6. The quantitative estimate of drug-likeness (QED) is 0.279. The lowest BCUT2D eigenvalue weighted by atomic mass is 9.87. The molecule has 0 radical (unpaired) electrons. The van der Waals surface area contributed by atoms with E-state index in [1.165, 1.54) is 12.1 Å². The summed E-state index contributed by atoms with van der Waals surface area (Å²) in [6.45, 7) is 2.67. The molecule has 46 heavy (non-hydrogen) atoms. The summed E-state index contributed by atoms with van der Waals surface area (Å²) in [5.74, 6) is -2.19. The summed E-state index contributed by atoms with van der Waals surface area (Å²) in [5.41, 5.74) is 1.59. The average molecular weight is 671 g/mol. The van der Waals surface area contributed by atoms with Crippen molar-refractivity contribution in [3.8, 4) is 0 Å². The molecule has 0 bridgehead atoms. The maximum absolute atomic E-state index is 15.8. The number of halogens is 2. The van der Waals surface area contributed by atoms with Crippen LogP contribution in [0.1, 0.15) is 54.4 Å². The van der Waals surface area contributed by atoms with E-state index in [0.717, 1.165) is 35.3 Å². The second-order valence-corrected chi connectivity index (χ2v) is 14.1. The second-order valence-electron chi connectivity index (χ2n) is 12.5. The first-order chi connectivity index (χ1) is 22.2. The molecule has 12 heteroatoms. The van der Waals surface area contributed by atoms with E-state index in [1.807, 2.05) is 47.6 Å². The number of carbonyl (C=O) groups excluding carboxylic acids is 2. The number of aromatic nitrogens is 1. The molecule has 3 aromatic rings. The van der Waals surface area contributed by atoms with Crippen LogP contribution in [-0.2, 0) is 27.8 Å². The van der Waals surface area contributed by atoms with Gasteiger partial charge in [-0.2, -0.15) is 11.8 Å². The minimum Gasteiger partial charge on any atom is -0.481 e. The molecule has 9 nitrogen and oxygen atoms in total. The van der Waals surface area contributed by atoms with E-state index in [2.05, 4.69) is 15.1 Å². The van der Waals surface area contributed by atoms with Gasteiger partial charge in [0, 0.05) is 68.3 Å². The van der Waals surface area contributed by atoms with Crippen molar-refractivity contribution in [2.45, 2.75) is 56.9 Å². The number of carboxylic acid groups (broad SMARTS) is 1. The molecule has 1 amide bonds. The molecular formula is C34H40ClFN4O5S. The van der Waals surface area contributed by atoms with E-state index in [9.17, 15) is 19.5 Å². The van der Waals surface area contributed by atoms with E-state index in [1.54, 1.807) is 6.20 Å². The number of anilines is 1. The maximum atomic E-state index is 15.8. The third-order valence-electron chi connectivity index (χ3n) is 9.57. The lowest BCUT2D eigenvalue weighted by Gasteiger charge is -2.50. The summed E-state index contributed by atoms with van der Waals surface area (Å²) in [6.07, 6.45) is 5.15.